The van der Waals surface area contributed by atoms with Crippen LogP contribution in [0.15, 0.2) is 36.4 Å². The number of hydrogen-bond donors (Lipinski definition) is 2. The Morgan fingerprint density at radius 2 is 2.11 bits per heavy atom. The van der Waals surface area contributed by atoms with E-state index in [1.807, 2.05) is 0 Å². The van der Waals surface area contributed by atoms with Crippen LogP contribution in [-0.2, 0) is 0 Å². The second-order valence-electron chi connectivity index (χ2n) is 3.98. The van der Waals surface area contributed by atoms with Gasteiger partial charge in [0.05, 0.1) is 10.4 Å². The zero-order valence-corrected chi connectivity index (χ0v) is 11.1. The molecule has 0 amide bonds. The van der Waals surface area contributed by atoms with Gasteiger partial charge < -0.3 is 10.8 Å². The Morgan fingerprint density at radius 3 is 2.67 bits per heavy atom. The molecule has 5 heteroatoms. The van der Waals surface area contributed by atoms with Gasteiger partial charge in [-0.15, -0.1) is 11.3 Å². The Kier molecular flexibility index (Phi) is 4.35. The first-order valence-electron chi connectivity index (χ1n) is 5.50. The van der Waals surface area contributed by atoms with Crippen LogP contribution in [0, 0.1) is 5.82 Å². The van der Waals surface area contributed by atoms with Crippen molar-refractivity contribution in [3.05, 3.63) is 57.0 Å². The number of thiophene rings is 1. The number of halogens is 2. The Hall–Kier alpha value is -0.940. The quantitative estimate of drug-likeness (QED) is 0.905. The fourth-order valence-electron chi connectivity index (χ4n) is 1.87. The van der Waals surface area contributed by atoms with Crippen LogP contribution in [0.25, 0.3) is 0 Å². The predicted octanol–water partition coefficient (Wildman–Crippen LogP) is 3.32. The molecule has 1 heterocycles. The van der Waals surface area contributed by atoms with E-state index in [-0.39, 0.29) is 18.3 Å². The summed E-state index contributed by atoms with van der Waals surface area (Å²) in [5.41, 5.74) is 6.38. The van der Waals surface area contributed by atoms with Gasteiger partial charge in [-0.2, -0.15) is 0 Å². The molecule has 0 bridgehead atoms. The topological polar surface area (TPSA) is 46.2 Å². The third-order valence-corrected chi connectivity index (χ3v) is 4.10. The van der Waals surface area contributed by atoms with Crippen molar-refractivity contribution in [1.29, 1.82) is 0 Å². The maximum atomic E-state index is 13.2. The first-order valence-corrected chi connectivity index (χ1v) is 6.70. The summed E-state index contributed by atoms with van der Waals surface area (Å²) in [4.78, 5) is 0.736. The highest BCUT2D eigenvalue weighted by atomic mass is 35.5. The molecule has 2 unspecified atom stereocenters. The Bertz CT molecular complexity index is 531. The minimum atomic E-state index is -0.769. The van der Waals surface area contributed by atoms with E-state index in [0.29, 0.717) is 9.90 Å². The predicted molar refractivity (Wildman–Crippen MR) is 72.5 cm³/mol. The van der Waals surface area contributed by atoms with Gasteiger partial charge in [0.2, 0.25) is 0 Å². The highest BCUT2D eigenvalue weighted by Gasteiger charge is 2.23. The fraction of sp³-hybridized carbons (Fsp3) is 0.231. The molecule has 2 nitrogen and oxygen atoms in total. The fourth-order valence-corrected chi connectivity index (χ4v) is 2.98. The summed E-state index contributed by atoms with van der Waals surface area (Å²) < 4.78 is 13.8. The molecular weight excluding hydrogens is 273 g/mol. The van der Waals surface area contributed by atoms with E-state index in [4.69, 9.17) is 17.3 Å². The van der Waals surface area contributed by atoms with E-state index in [2.05, 4.69) is 0 Å². The molecule has 2 rings (SSSR count). The summed E-state index contributed by atoms with van der Waals surface area (Å²) in [6.07, 6.45) is -0.769. The molecule has 0 fully saturated rings. The van der Waals surface area contributed by atoms with Crippen molar-refractivity contribution in [2.24, 2.45) is 5.73 Å². The lowest BCUT2D eigenvalue weighted by atomic mass is 9.92. The third-order valence-electron chi connectivity index (χ3n) is 2.80. The number of aliphatic hydroxyl groups is 1. The third kappa shape index (κ3) is 2.90. The molecule has 96 valence electrons. The molecule has 0 saturated heterocycles. The molecular formula is C13H13ClFNOS. The smallest absolute Gasteiger partial charge is 0.123 e. The normalized spacial score (nSPS) is 14.4. The maximum absolute atomic E-state index is 13.2. The second kappa shape index (κ2) is 5.80. The van der Waals surface area contributed by atoms with Crippen molar-refractivity contribution in [2.75, 3.05) is 6.54 Å². The summed E-state index contributed by atoms with van der Waals surface area (Å²) in [6, 6.07) is 9.63. The summed E-state index contributed by atoms with van der Waals surface area (Å²) >= 11 is 7.14. The first kappa shape index (κ1) is 13.5. The van der Waals surface area contributed by atoms with Crippen molar-refractivity contribution in [3.8, 4) is 0 Å². The molecule has 0 saturated carbocycles. The van der Waals surface area contributed by atoms with Crippen LogP contribution in [0.3, 0.4) is 0 Å². The monoisotopic (exact) mass is 285 g/mol. The molecule has 1 aromatic carbocycles. The van der Waals surface area contributed by atoms with E-state index < -0.39 is 6.10 Å². The van der Waals surface area contributed by atoms with Crippen LogP contribution >= 0.6 is 22.9 Å². The molecule has 0 aliphatic rings. The van der Waals surface area contributed by atoms with Crippen LogP contribution in [0.5, 0.6) is 0 Å². The molecule has 2 atom stereocenters. The molecule has 18 heavy (non-hydrogen) atoms. The van der Waals surface area contributed by atoms with Crippen LogP contribution in [0.2, 0.25) is 4.34 Å². The van der Waals surface area contributed by atoms with Crippen LogP contribution in [0.1, 0.15) is 22.5 Å². The zero-order valence-electron chi connectivity index (χ0n) is 9.51. The average molecular weight is 286 g/mol. The SMILES string of the molecule is NCC(c1cccc(F)c1)C(O)c1ccc(Cl)s1. The standard InChI is InChI=1S/C13H13ClFNOS/c14-12-5-4-11(18-12)13(17)10(7-16)8-2-1-3-9(15)6-8/h1-6,10,13,17H,7,16H2. The van der Waals surface area contributed by atoms with Gasteiger partial charge in [0.15, 0.2) is 0 Å². The van der Waals surface area contributed by atoms with Gasteiger partial charge in [-0.25, -0.2) is 4.39 Å². The number of aliphatic hydroxyl groups excluding tert-OH is 1. The van der Waals surface area contributed by atoms with Crippen molar-refractivity contribution in [3.63, 3.8) is 0 Å². The summed E-state index contributed by atoms with van der Waals surface area (Å²) in [5, 5.41) is 10.3. The summed E-state index contributed by atoms with van der Waals surface area (Å²) in [5.74, 6) is -0.669. The molecule has 1 aromatic heterocycles. The number of rotatable bonds is 4. The molecule has 2 aromatic rings. The maximum Gasteiger partial charge on any atom is 0.123 e. The largest absolute Gasteiger partial charge is 0.387 e. The van der Waals surface area contributed by atoms with Gasteiger partial charge in [-0.05, 0) is 29.8 Å². The van der Waals surface area contributed by atoms with Crippen molar-refractivity contribution < 1.29 is 9.50 Å². The summed E-state index contributed by atoms with van der Waals surface area (Å²) in [6.45, 7) is 0.236. The van der Waals surface area contributed by atoms with Crippen LogP contribution in [0.4, 0.5) is 4.39 Å². The van der Waals surface area contributed by atoms with E-state index in [0.717, 1.165) is 4.88 Å². The van der Waals surface area contributed by atoms with Gasteiger partial charge in [-0.3, -0.25) is 0 Å². The van der Waals surface area contributed by atoms with Gasteiger partial charge in [-0.1, -0.05) is 23.7 Å². The van der Waals surface area contributed by atoms with Crippen LogP contribution < -0.4 is 5.73 Å². The minimum Gasteiger partial charge on any atom is -0.387 e. The molecule has 0 radical (unpaired) electrons. The van der Waals surface area contributed by atoms with E-state index >= 15 is 0 Å². The molecule has 0 aliphatic carbocycles. The van der Waals surface area contributed by atoms with Crippen molar-refractivity contribution in [2.45, 2.75) is 12.0 Å². The second-order valence-corrected chi connectivity index (χ2v) is 5.73. The lowest BCUT2D eigenvalue weighted by Crippen LogP contribution is -2.19. The van der Waals surface area contributed by atoms with E-state index in [1.165, 1.54) is 23.5 Å². The Morgan fingerprint density at radius 1 is 1.33 bits per heavy atom. The molecule has 0 aliphatic heterocycles. The number of benzene rings is 1. The lowest BCUT2D eigenvalue weighted by Gasteiger charge is -2.21. The summed E-state index contributed by atoms with van der Waals surface area (Å²) in [7, 11) is 0. The zero-order chi connectivity index (χ0) is 13.1. The average Bonchev–Trinajstić information content (AvgIpc) is 2.77. The van der Waals surface area contributed by atoms with E-state index in [9.17, 15) is 9.50 Å². The van der Waals surface area contributed by atoms with Gasteiger partial charge in [0.1, 0.15) is 5.82 Å². The van der Waals surface area contributed by atoms with Crippen molar-refractivity contribution >= 4 is 22.9 Å². The van der Waals surface area contributed by atoms with Gasteiger partial charge in [0.25, 0.3) is 0 Å². The highest BCUT2D eigenvalue weighted by molar-refractivity contribution is 7.16. The highest BCUT2D eigenvalue weighted by Crippen LogP contribution is 2.35. The first-order chi connectivity index (χ1) is 8.61. The minimum absolute atomic E-state index is 0.236. The number of hydrogen-bond acceptors (Lipinski definition) is 3. The molecule has 0 spiro atoms. The van der Waals surface area contributed by atoms with Crippen molar-refractivity contribution in [1.82, 2.24) is 0 Å². The lowest BCUT2D eigenvalue weighted by molar-refractivity contribution is 0.151. The van der Waals surface area contributed by atoms with Crippen LogP contribution in [-0.4, -0.2) is 11.7 Å². The van der Waals surface area contributed by atoms with E-state index in [1.54, 1.807) is 24.3 Å². The Labute approximate surface area is 114 Å². The van der Waals surface area contributed by atoms with Gasteiger partial charge >= 0.3 is 0 Å². The Balaban J connectivity index is 2.28. The van der Waals surface area contributed by atoms with Gasteiger partial charge in [0, 0.05) is 17.3 Å². The number of nitrogens with two attached hydrogens (primary N) is 1. The molecule has 3 N–H and O–H groups in total.